The van der Waals surface area contributed by atoms with E-state index in [1.807, 2.05) is 56.3 Å². The summed E-state index contributed by atoms with van der Waals surface area (Å²) in [5, 5.41) is 6.18. The summed E-state index contributed by atoms with van der Waals surface area (Å²) in [5.74, 6) is 0.557. The van der Waals surface area contributed by atoms with Gasteiger partial charge in [0.1, 0.15) is 5.75 Å². The average Bonchev–Trinajstić information content (AvgIpc) is 2.68. The van der Waals surface area contributed by atoms with Crippen molar-refractivity contribution in [1.29, 1.82) is 0 Å². The Bertz CT molecular complexity index is 758. The second-order valence-electron chi connectivity index (χ2n) is 6.68. The van der Waals surface area contributed by atoms with Crippen molar-refractivity contribution < 1.29 is 14.3 Å². The molecule has 6 heteroatoms. The maximum Gasteiger partial charge on any atom is 0.243 e. The molecule has 144 valence electrons. The number of benzene rings is 2. The third-order valence-corrected chi connectivity index (χ3v) is 4.22. The number of nitrogens with zero attached hydrogens (tertiary/aromatic N) is 1. The monoisotopic (exact) mass is 369 g/mol. The first kappa shape index (κ1) is 19.0. The van der Waals surface area contributed by atoms with E-state index in [4.69, 9.17) is 9.47 Å². The summed E-state index contributed by atoms with van der Waals surface area (Å²) in [6, 6.07) is 15.5. The molecule has 2 aromatic carbocycles. The molecular formula is C21H27N3O3. The maximum absolute atomic E-state index is 12.4. The summed E-state index contributed by atoms with van der Waals surface area (Å²) in [6.07, 6.45) is 0.0431. The lowest BCUT2D eigenvalue weighted by Crippen LogP contribution is -2.36. The Hall–Kier alpha value is -2.73. The fourth-order valence-electron chi connectivity index (χ4n) is 3.00. The van der Waals surface area contributed by atoms with E-state index in [1.54, 1.807) is 0 Å². The van der Waals surface area contributed by atoms with Gasteiger partial charge in [-0.3, -0.25) is 4.79 Å². The van der Waals surface area contributed by atoms with Gasteiger partial charge in [-0.25, -0.2) is 0 Å². The molecule has 0 spiro atoms. The molecule has 1 fully saturated rings. The molecule has 0 unspecified atom stereocenters. The normalized spacial score (nSPS) is 14.1. The smallest absolute Gasteiger partial charge is 0.243 e. The van der Waals surface area contributed by atoms with Gasteiger partial charge >= 0.3 is 0 Å². The minimum absolute atomic E-state index is 0.0431. The highest BCUT2D eigenvalue weighted by atomic mass is 16.5. The number of carbonyl (C=O) groups is 1. The molecule has 1 saturated heterocycles. The molecule has 0 bridgehead atoms. The first-order valence-corrected chi connectivity index (χ1v) is 9.34. The predicted octanol–water partition coefficient (Wildman–Crippen LogP) is 3.36. The maximum atomic E-state index is 12.4. The van der Waals surface area contributed by atoms with Crippen LogP contribution in [0.2, 0.25) is 0 Å². The van der Waals surface area contributed by atoms with Crippen molar-refractivity contribution in [2.24, 2.45) is 0 Å². The van der Waals surface area contributed by atoms with Crippen LogP contribution in [0.25, 0.3) is 0 Å². The Morgan fingerprint density at radius 1 is 1.07 bits per heavy atom. The van der Waals surface area contributed by atoms with Crippen LogP contribution in [0.4, 0.5) is 17.1 Å². The van der Waals surface area contributed by atoms with Gasteiger partial charge in [0.25, 0.3) is 0 Å². The largest absolute Gasteiger partial charge is 0.489 e. The van der Waals surface area contributed by atoms with Gasteiger partial charge in [-0.1, -0.05) is 24.3 Å². The van der Waals surface area contributed by atoms with Gasteiger partial charge in [0, 0.05) is 13.1 Å². The summed E-state index contributed by atoms with van der Waals surface area (Å²) in [6.45, 7) is 7.25. The van der Waals surface area contributed by atoms with Crippen LogP contribution in [0.1, 0.15) is 13.8 Å². The Kier molecular flexibility index (Phi) is 6.54. The molecule has 0 radical (unpaired) electrons. The number of nitrogens with one attached hydrogen (secondary N) is 2. The van der Waals surface area contributed by atoms with Crippen LogP contribution in [0.15, 0.2) is 48.5 Å². The number of ether oxygens (including phenoxy) is 2. The van der Waals surface area contributed by atoms with Crippen molar-refractivity contribution in [1.82, 2.24) is 0 Å². The minimum atomic E-state index is -0.119. The zero-order valence-electron chi connectivity index (χ0n) is 15.9. The molecular weight excluding hydrogens is 342 g/mol. The molecule has 2 N–H and O–H groups in total. The molecule has 27 heavy (non-hydrogen) atoms. The van der Waals surface area contributed by atoms with E-state index in [0.29, 0.717) is 11.4 Å². The van der Waals surface area contributed by atoms with Crippen LogP contribution in [-0.4, -0.2) is 44.9 Å². The van der Waals surface area contributed by atoms with Crippen LogP contribution >= 0.6 is 0 Å². The molecule has 6 nitrogen and oxygen atoms in total. The summed E-state index contributed by atoms with van der Waals surface area (Å²) in [5.41, 5.74) is 2.72. The van der Waals surface area contributed by atoms with Crippen molar-refractivity contribution in [2.45, 2.75) is 20.0 Å². The lowest BCUT2D eigenvalue weighted by Gasteiger charge is -2.30. The van der Waals surface area contributed by atoms with E-state index in [0.717, 1.165) is 37.7 Å². The molecule has 2 aromatic rings. The molecule has 0 atom stereocenters. The van der Waals surface area contributed by atoms with E-state index in [2.05, 4.69) is 21.6 Å². The second-order valence-corrected chi connectivity index (χ2v) is 6.68. The van der Waals surface area contributed by atoms with Crippen LogP contribution in [0, 0.1) is 0 Å². The lowest BCUT2D eigenvalue weighted by molar-refractivity contribution is -0.114. The molecule has 0 aliphatic carbocycles. The first-order chi connectivity index (χ1) is 13.1. The third kappa shape index (κ3) is 5.37. The van der Waals surface area contributed by atoms with Crippen molar-refractivity contribution in [3.63, 3.8) is 0 Å². The molecule has 1 aliphatic heterocycles. The van der Waals surface area contributed by atoms with Crippen LogP contribution in [0.5, 0.6) is 5.75 Å². The van der Waals surface area contributed by atoms with Crippen LogP contribution in [0.3, 0.4) is 0 Å². The number of carbonyl (C=O) groups excluding carboxylic acids is 1. The summed E-state index contributed by atoms with van der Waals surface area (Å²) >= 11 is 0. The van der Waals surface area contributed by atoms with Gasteiger partial charge in [-0.05, 0) is 38.1 Å². The van der Waals surface area contributed by atoms with E-state index in [-0.39, 0.29) is 18.6 Å². The average molecular weight is 369 g/mol. The number of rotatable bonds is 7. The fourth-order valence-corrected chi connectivity index (χ4v) is 3.00. The van der Waals surface area contributed by atoms with Gasteiger partial charge in [-0.2, -0.15) is 0 Å². The first-order valence-electron chi connectivity index (χ1n) is 9.34. The van der Waals surface area contributed by atoms with E-state index >= 15 is 0 Å². The number of anilines is 3. The van der Waals surface area contributed by atoms with Crippen molar-refractivity contribution >= 4 is 23.0 Å². The highest BCUT2D eigenvalue weighted by Gasteiger charge is 2.15. The third-order valence-electron chi connectivity index (χ3n) is 4.22. The minimum Gasteiger partial charge on any atom is -0.489 e. The quantitative estimate of drug-likeness (QED) is 0.784. The standard InChI is InChI=1S/C21H27N3O3/c1-16(2)27-20-10-6-4-8-18(20)23-21(25)15-22-17-7-3-5-9-19(17)24-11-13-26-14-12-24/h3-10,16,22H,11-15H2,1-2H3,(H,23,25). The van der Waals surface area contributed by atoms with Gasteiger partial charge in [0.05, 0.1) is 42.9 Å². The van der Waals surface area contributed by atoms with E-state index < -0.39 is 0 Å². The number of hydrogen-bond donors (Lipinski definition) is 2. The number of amides is 1. The number of para-hydroxylation sites is 4. The van der Waals surface area contributed by atoms with Crippen molar-refractivity contribution in [3.05, 3.63) is 48.5 Å². The van der Waals surface area contributed by atoms with E-state index in [9.17, 15) is 4.79 Å². The van der Waals surface area contributed by atoms with E-state index in [1.165, 1.54) is 0 Å². The highest BCUT2D eigenvalue weighted by molar-refractivity contribution is 5.95. The highest BCUT2D eigenvalue weighted by Crippen LogP contribution is 2.27. The van der Waals surface area contributed by atoms with Gasteiger partial charge < -0.3 is 25.0 Å². The molecule has 1 aliphatic rings. The van der Waals surface area contributed by atoms with Crippen molar-refractivity contribution in [3.8, 4) is 5.75 Å². The van der Waals surface area contributed by atoms with Gasteiger partial charge in [0.15, 0.2) is 0 Å². The van der Waals surface area contributed by atoms with Crippen LogP contribution < -0.4 is 20.3 Å². The number of morpholine rings is 1. The second kappa shape index (κ2) is 9.28. The molecule has 3 rings (SSSR count). The predicted molar refractivity (Wildman–Crippen MR) is 109 cm³/mol. The zero-order chi connectivity index (χ0) is 19.1. The summed E-state index contributed by atoms with van der Waals surface area (Å²) < 4.78 is 11.2. The summed E-state index contributed by atoms with van der Waals surface area (Å²) in [7, 11) is 0. The van der Waals surface area contributed by atoms with Crippen molar-refractivity contribution in [2.75, 3.05) is 48.4 Å². The molecule has 0 aromatic heterocycles. The van der Waals surface area contributed by atoms with Gasteiger partial charge in [-0.15, -0.1) is 0 Å². The zero-order valence-corrected chi connectivity index (χ0v) is 15.9. The molecule has 1 heterocycles. The Labute approximate surface area is 160 Å². The Morgan fingerprint density at radius 2 is 1.74 bits per heavy atom. The topological polar surface area (TPSA) is 62.8 Å². The lowest BCUT2D eigenvalue weighted by atomic mass is 10.2. The SMILES string of the molecule is CC(C)Oc1ccccc1NC(=O)CNc1ccccc1N1CCOCC1. The van der Waals surface area contributed by atoms with Crippen LogP contribution in [-0.2, 0) is 9.53 Å². The molecule has 0 saturated carbocycles. The summed E-state index contributed by atoms with van der Waals surface area (Å²) in [4.78, 5) is 14.7. The number of hydrogen-bond acceptors (Lipinski definition) is 5. The Balaban J connectivity index is 1.62. The molecule has 1 amide bonds. The fraction of sp³-hybridized carbons (Fsp3) is 0.381. The Morgan fingerprint density at radius 3 is 2.48 bits per heavy atom. The van der Waals surface area contributed by atoms with Gasteiger partial charge in [0.2, 0.25) is 5.91 Å².